The van der Waals surface area contributed by atoms with Gasteiger partial charge < -0.3 is 10.1 Å². The molecular formula is C17H16ClNO3. The van der Waals surface area contributed by atoms with Crippen molar-refractivity contribution in [2.45, 2.75) is 13.0 Å². The number of hydrogen-bond acceptors (Lipinski definition) is 3. The van der Waals surface area contributed by atoms with Gasteiger partial charge in [0.1, 0.15) is 5.75 Å². The first kappa shape index (κ1) is 16.0. The Labute approximate surface area is 134 Å². The Balaban J connectivity index is 1.90. The van der Waals surface area contributed by atoms with Crippen LogP contribution >= 0.6 is 11.6 Å². The molecule has 1 atom stereocenters. The molecule has 0 aliphatic rings. The van der Waals surface area contributed by atoms with Crippen LogP contribution in [0.25, 0.3) is 0 Å². The van der Waals surface area contributed by atoms with Crippen LogP contribution in [0, 0.1) is 0 Å². The van der Waals surface area contributed by atoms with Crippen LogP contribution < -0.4 is 10.1 Å². The number of carbonyl (C=O) groups is 2. The molecule has 0 bridgehead atoms. The van der Waals surface area contributed by atoms with E-state index in [1.54, 1.807) is 36.4 Å². The molecule has 2 rings (SSSR count). The van der Waals surface area contributed by atoms with Gasteiger partial charge in [0.25, 0.3) is 5.91 Å². The summed E-state index contributed by atoms with van der Waals surface area (Å²) >= 11 is 5.83. The van der Waals surface area contributed by atoms with Crippen molar-refractivity contribution in [3.8, 4) is 5.75 Å². The molecule has 1 N–H and O–H groups in total. The number of nitrogens with one attached hydrogen (secondary N) is 1. The Morgan fingerprint density at radius 3 is 2.59 bits per heavy atom. The molecule has 0 aromatic heterocycles. The van der Waals surface area contributed by atoms with E-state index < -0.39 is 0 Å². The van der Waals surface area contributed by atoms with Crippen LogP contribution in [-0.4, -0.2) is 18.8 Å². The van der Waals surface area contributed by atoms with E-state index >= 15 is 0 Å². The first-order valence-corrected chi connectivity index (χ1v) is 7.20. The zero-order chi connectivity index (χ0) is 15.9. The molecule has 0 aliphatic carbocycles. The fourth-order valence-electron chi connectivity index (χ4n) is 1.97. The Bertz CT molecular complexity index is 655. The predicted octanol–water partition coefficient (Wildman–Crippen LogP) is 3.41. The van der Waals surface area contributed by atoms with Crippen LogP contribution in [0.5, 0.6) is 5.75 Å². The molecule has 0 unspecified atom stereocenters. The number of amides is 1. The Morgan fingerprint density at radius 2 is 1.91 bits per heavy atom. The van der Waals surface area contributed by atoms with Gasteiger partial charge in [0.15, 0.2) is 12.9 Å². The van der Waals surface area contributed by atoms with Crippen molar-refractivity contribution in [3.05, 3.63) is 64.7 Å². The van der Waals surface area contributed by atoms with E-state index in [0.29, 0.717) is 22.6 Å². The van der Waals surface area contributed by atoms with Gasteiger partial charge >= 0.3 is 0 Å². The number of benzene rings is 2. The van der Waals surface area contributed by atoms with Crippen LogP contribution in [0.4, 0.5) is 0 Å². The van der Waals surface area contributed by atoms with E-state index in [-0.39, 0.29) is 18.6 Å². The molecule has 0 fully saturated rings. The number of carbonyl (C=O) groups excluding carboxylic acids is 2. The zero-order valence-electron chi connectivity index (χ0n) is 12.1. The molecule has 0 aliphatic heterocycles. The number of para-hydroxylation sites is 1. The van der Waals surface area contributed by atoms with Gasteiger partial charge in [-0.1, -0.05) is 35.9 Å². The van der Waals surface area contributed by atoms with Crippen LogP contribution in [0.3, 0.4) is 0 Å². The maximum absolute atomic E-state index is 11.9. The molecule has 114 valence electrons. The highest BCUT2D eigenvalue weighted by atomic mass is 35.5. The van der Waals surface area contributed by atoms with Crippen molar-refractivity contribution in [2.24, 2.45) is 0 Å². The van der Waals surface area contributed by atoms with Gasteiger partial charge in [0, 0.05) is 5.02 Å². The Morgan fingerprint density at radius 1 is 1.23 bits per heavy atom. The van der Waals surface area contributed by atoms with Gasteiger partial charge in [-0.05, 0) is 36.8 Å². The summed E-state index contributed by atoms with van der Waals surface area (Å²) in [5.41, 5.74) is 1.37. The van der Waals surface area contributed by atoms with Gasteiger partial charge in [-0.25, -0.2) is 0 Å². The van der Waals surface area contributed by atoms with Gasteiger partial charge in [-0.3, -0.25) is 9.59 Å². The van der Waals surface area contributed by atoms with Gasteiger partial charge in [0.2, 0.25) is 0 Å². The summed E-state index contributed by atoms with van der Waals surface area (Å²) in [6.07, 6.45) is 0.698. The third-order valence-corrected chi connectivity index (χ3v) is 3.40. The highest BCUT2D eigenvalue weighted by molar-refractivity contribution is 6.30. The van der Waals surface area contributed by atoms with Gasteiger partial charge in [0.05, 0.1) is 11.6 Å². The predicted molar refractivity (Wildman–Crippen MR) is 85.3 cm³/mol. The summed E-state index contributed by atoms with van der Waals surface area (Å²) in [5, 5.41) is 3.48. The summed E-state index contributed by atoms with van der Waals surface area (Å²) < 4.78 is 5.38. The summed E-state index contributed by atoms with van der Waals surface area (Å²) in [7, 11) is 0. The highest BCUT2D eigenvalue weighted by Crippen LogP contribution is 2.17. The van der Waals surface area contributed by atoms with Crippen LogP contribution in [0.15, 0.2) is 48.5 Å². The lowest BCUT2D eigenvalue weighted by Gasteiger charge is -2.15. The molecule has 0 spiro atoms. The summed E-state index contributed by atoms with van der Waals surface area (Å²) in [5.74, 6) is 0.134. The molecule has 2 aromatic rings. The third-order valence-electron chi connectivity index (χ3n) is 3.15. The molecular weight excluding hydrogens is 302 g/mol. The third kappa shape index (κ3) is 4.33. The smallest absolute Gasteiger partial charge is 0.258 e. The number of rotatable bonds is 6. The monoisotopic (exact) mass is 317 g/mol. The van der Waals surface area contributed by atoms with Crippen LogP contribution in [0.1, 0.15) is 28.9 Å². The van der Waals surface area contributed by atoms with Crippen molar-refractivity contribution in [1.29, 1.82) is 0 Å². The average molecular weight is 318 g/mol. The number of halogens is 1. The van der Waals surface area contributed by atoms with Crippen molar-refractivity contribution >= 4 is 23.8 Å². The molecule has 5 heteroatoms. The van der Waals surface area contributed by atoms with Crippen molar-refractivity contribution in [3.63, 3.8) is 0 Å². The highest BCUT2D eigenvalue weighted by Gasteiger charge is 2.11. The molecule has 0 radical (unpaired) electrons. The molecule has 22 heavy (non-hydrogen) atoms. The van der Waals surface area contributed by atoms with Crippen molar-refractivity contribution in [2.75, 3.05) is 6.61 Å². The minimum Gasteiger partial charge on any atom is -0.483 e. The van der Waals surface area contributed by atoms with E-state index in [0.717, 1.165) is 5.56 Å². The van der Waals surface area contributed by atoms with Crippen LogP contribution in [-0.2, 0) is 4.79 Å². The standard InChI is InChI=1S/C17H16ClNO3/c1-12(13-6-8-15(18)9-7-13)19-17(21)11-22-16-5-3-2-4-14(16)10-20/h2-10,12H,11H2,1H3,(H,19,21)/t12-/m0/s1. The number of aldehydes is 1. The normalized spacial score (nSPS) is 11.5. The molecule has 0 heterocycles. The summed E-state index contributed by atoms with van der Waals surface area (Å²) in [6, 6.07) is 13.9. The number of ether oxygens (including phenoxy) is 1. The second kappa shape index (κ2) is 7.61. The van der Waals surface area contributed by atoms with E-state index in [2.05, 4.69) is 5.32 Å². The molecule has 0 saturated heterocycles. The Kier molecular flexibility index (Phi) is 5.55. The maximum atomic E-state index is 11.9. The minimum absolute atomic E-state index is 0.150. The fraction of sp³-hybridized carbons (Fsp3) is 0.176. The Hall–Kier alpha value is -2.33. The molecule has 0 saturated carbocycles. The molecule has 4 nitrogen and oxygen atoms in total. The van der Waals surface area contributed by atoms with E-state index in [1.165, 1.54) is 0 Å². The molecule has 2 aromatic carbocycles. The quantitative estimate of drug-likeness (QED) is 0.831. The topological polar surface area (TPSA) is 55.4 Å². The lowest BCUT2D eigenvalue weighted by molar-refractivity contribution is -0.123. The minimum atomic E-state index is -0.261. The first-order chi connectivity index (χ1) is 10.6. The SMILES string of the molecule is C[C@H](NC(=O)COc1ccccc1C=O)c1ccc(Cl)cc1. The second-order valence-corrected chi connectivity index (χ2v) is 5.22. The second-order valence-electron chi connectivity index (χ2n) is 4.79. The lowest BCUT2D eigenvalue weighted by atomic mass is 10.1. The number of hydrogen-bond donors (Lipinski definition) is 1. The summed E-state index contributed by atoms with van der Waals surface area (Å²) in [6.45, 7) is 1.73. The first-order valence-electron chi connectivity index (χ1n) is 6.82. The zero-order valence-corrected chi connectivity index (χ0v) is 12.8. The maximum Gasteiger partial charge on any atom is 0.258 e. The average Bonchev–Trinajstić information content (AvgIpc) is 2.53. The van der Waals surface area contributed by atoms with Crippen molar-refractivity contribution in [1.82, 2.24) is 5.32 Å². The summed E-state index contributed by atoms with van der Waals surface area (Å²) in [4.78, 5) is 22.8. The van der Waals surface area contributed by atoms with Crippen LogP contribution in [0.2, 0.25) is 5.02 Å². The van der Waals surface area contributed by atoms with E-state index in [4.69, 9.17) is 16.3 Å². The van der Waals surface area contributed by atoms with Gasteiger partial charge in [-0.2, -0.15) is 0 Å². The van der Waals surface area contributed by atoms with Crippen molar-refractivity contribution < 1.29 is 14.3 Å². The van der Waals surface area contributed by atoms with E-state index in [9.17, 15) is 9.59 Å². The van der Waals surface area contributed by atoms with E-state index in [1.807, 2.05) is 19.1 Å². The molecule has 1 amide bonds. The largest absolute Gasteiger partial charge is 0.483 e. The van der Waals surface area contributed by atoms with Gasteiger partial charge in [-0.15, -0.1) is 0 Å². The fourth-order valence-corrected chi connectivity index (χ4v) is 2.10. The lowest BCUT2D eigenvalue weighted by Crippen LogP contribution is -2.31.